The van der Waals surface area contributed by atoms with Crippen molar-refractivity contribution in [1.82, 2.24) is 19.9 Å². The minimum absolute atomic E-state index is 0.133. The van der Waals surface area contributed by atoms with Gasteiger partial charge in [-0.25, -0.2) is 9.50 Å². The summed E-state index contributed by atoms with van der Waals surface area (Å²) in [5, 5.41) is 10.5. The van der Waals surface area contributed by atoms with Gasteiger partial charge in [0.15, 0.2) is 5.82 Å². The second-order valence-electron chi connectivity index (χ2n) is 4.58. The van der Waals surface area contributed by atoms with E-state index >= 15 is 0 Å². The predicted octanol–water partition coefficient (Wildman–Crippen LogP) is 0.728. The Morgan fingerprint density at radius 1 is 1.61 bits per heavy atom. The highest BCUT2D eigenvalue weighted by Gasteiger charge is 2.20. The van der Waals surface area contributed by atoms with E-state index in [1.807, 2.05) is 19.2 Å². The van der Waals surface area contributed by atoms with Crippen molar-refractivity contribution in [3.63, 3.8) is 0 Å². The Balaban J connectivity index is 1.76. The molecule has 0 aromatic carbocycles. The number of rotatable bonds is 3. The molecule has 1 atom stereocenters. The lowest BCUT2D eigenvalue weighted by Gasteiger charge is -2.12. The molecule has 1 fully saturated rings. The standard InChI is InChI=1S/C12H15N5O/c1-8-6-10-12(13-4-5-17(10)16-8)14-7-9-2-3-11(18)15-9/h4-6,9H,2-3,7H2,1H3,(H,13,14)(H,15,18). The van der Waals surface area contributed by atoms with E-state index in [0.29, 0.717) is 13.0 Å². The van der Waals surface area contributed by atoms with Gasteiger partial charge in [0, 0.05) is 31.4 Å². The zero-order valence-corrected chi connectivity index (χ0v) is 10.2. The molecule has 18 heavy (non-hydrogen) atoms. The molecule has 0 bridgehead atoms. The Morgan fingerprint density at radius 3 is 3.28 bits per heavy atom. The third-order valence-corrected chi connectivity index (χ3v) is 3.11. The van der Waals surface area contributed by atoms with Gasteiger partial charge in [-0.1, -0.05) is 0 Å². The summed E-state index contributed by atoms with van der Waals surface area (Å²) in [6, 6.07) is 2.19. The fourth-order valence-electron chi connectivity index (χ4n) is 2.23. The number of fused-ring (bicyclic) bond motifs is 1. The fourth-order valence-corrected chi connectivity index (χ4v) is 2.23. The van der Waals surface area contributed by atoms with E-state index in [1.165, 1.54) is 0 Å². The number of hydrogen-bond acceptors (Lipinski definition) is 4. The van der Waals surface area contributed by atoms with E-state index in [1.54, 1.807) is 10.7 Å². The lowest BCUT2D eigenvalue weighted by atomic mass is 10.2. The zero-order valence-electron chi connectivity index (χ0n) is 10.2. The maximum Gasteiger partial charge on any atom is 0.220 e. The van der Waals surface area contributed by atoms with Crippen LogP contribution in [-0.2, 0) is 4.79 Å². The molecular weight excluding hydrogens is 230 g/mol. The molecule has 1 saturated heterocycles. The summed E-state index contributed by atoms with van der Waals surface area (Å²) in [5.41, 5.74) is 1.92. The number of aromatic nitrogens is 3. The Hall–Kier alpha value is -2.11. The normalized spacial score (nSPS) is 19.2. The second-order valence-corrected chi connectivity index (χ2v) is 4.58. The molecule has 1 aliphatic rings. The van der Waals surface area contributed by atoms with Gasteiger partial charge in [-0.2, -0.15) is 5.10 Å². The van der Waals surface area contributed by atoms with Gasteiger partial charge < -0.3 is 10.6 Å². The Morgan fingerprint density at radius 2 is 2.50 bits per heavy atom. The average molecular weight is 245 g/mol. The molecule has 0 spiro atoms. The third-order valence-electron chi connectivity index (χ3n) is 3.11. The maximum absolute atomic E-state index is 11.1. The quantitative estimate of drug-likeness (QED) is 0.836. The summed E-state index contributed by atoms with van der Waals surface area (Å²) in [4.78, 5) is 15.4. The third kappa shape index (κ3) is 2.01. The minimum atomic E-state index is 0.133. The van der Waals surface area contributed by atoms with Gasteiger partial charge in [-0.15, -0.1) is 0 Å². The highest BCUT2D eigenvalue weighted by molar-refractivity contribution is 5.78. The molecule has 0 saturated carbocycles. The lowest BCUT2D eigenvalue weighted by Crippen LogP contribution is -2.32. The molecule has 0 aliphatic carbocycles. The Bertz CT molecular complexity index is 591. The van der Waals surface area contributed by atoms with Crippen LogP contribution < -0.4 is 10.6 Å². The number of aryl methyl sites for hydroxylation is 1. The van der Waals surface area contributed by atoms with Crippen LogP contribution in [0.25, 0.3) is 5.52 Å². The first-order valence-corrected chi connectivity index (χ1v) is 6.06. The van der Waals surface area contributed by atoms with Crippen molar-refractivity contribution in [1.29, 1.82) is 0 Å². The van der Waals surface area contributed by atoms with Crippen LogP contribution in [0.2, 0.25) is 0 Å². The molecule has 1 unspecified atom stereocenters. The van der Waals surface area contributed by atoms with Gasteiger partial charge in [0.05, 0.1) is 5.69 Å². The van der Waals surface area contributed by atoms with E-state index < -0.39 is 0 Å². The van der Waals surface area contributed by atoms with Crippen LogP contribution in [0.5, 0.6) is 0 Å². The van der Waals surface area contributed by atoms with E-state index in [0.717, 1.165) is 23.4 Å². The highest BCUT2D eigenvalue weighted by atomic mass is 16.1. The number of carbonyl (C=O) groups is 1. The predicted molar refractivity (Wildman–Crippen MR) is 67.4 cm³/mol. The van der Waals surface area contributed by atoms with Gasteiger partial charge in [0.2, 0.25) is 5.91 Å². The van der Waals surface area contributed by atoms with Crippen molar-refractivity contribution in [2.75, 3.05) is 11.9 Å². The van der Waals surface area contributed by atoms with Gasteiger partial charge in [0.25, 0.3) is 0 Å². The summed E-state index contributed by atoms with van der Waals surface area (Å²) in [6.07, 6.45) is 5.04. The lowest BCUT2D eigenvalue weighted by molar-refractivity contribution is -0.119. The van der Waals surface area contributed by atoms with E-state index in [2.05, 4.69) is 20.7 Å². The van der Waals surface area contributed by atoms with Gasteiger partial charge >= 0.3 is 0 Å². The average Bonchev–Trinajstić information content (AvgIpc) is 2.91. The van der Waals surface area contributed by atoms with E-state index in [4.69, 9.17) is 0 Å². The van der Waals surface area contributed by atoms with Crippen LogP contribution in [0.3, 0.4) is 0 Å². The second kappa shape index (κ2) is 4.29. The van der Waals surface area contributed by atoms with Crippen molar-refractivity contribution in [3.05, 3.63) is 24.2 Å². The number of nitrogens with zero attached hydrogens (tertiary/aromatic N) is 3. The van der Waals surface area contributed by atoms with Crippen LogP contribution in [0.4, 0.5) is 5.82 Å². The first kappa shape index (κ1) is 11.0. The van der Waals surface area contributed by atoms with Crippen LogP contribution in [0.15, 0.2) is 18.5 Å². The maximum atomic E-state index is 11.1. The van der Waals surface area contributed by atoms with E-state index in [-0.39, 0.29) is 11.9 Å². The first-order chi connectivity index (χ1) is 8.72. The SMILES string of the molecule is Cc1cc2c(NCC3CCC(=O)N3)nccn2n1. The molecule has 1 amide bonds. The van der Waals surface area contributed by atoms with Crippen molar-refractivity contribution in [2.45, 2.75) is 25.8 Å². The largest absolute Gasteiger partial charge is 0.366 e. The van der Waals surface area contributed by atoms with Crippen molar-refractivity contribution < 1.29 is 4.79 Å². The van der Waals surface area contributed by atoms with E-state index in [9.17, 15) is 4.79 Å². The Labute approximate surface area is 104 Å². The molecule has 2 N–H and O–H groups in total. The number of amides is 1. The zero-order chi connectivity index (χ0) is 12.5. The van der Waals surface area contributed by atoms with Gasteiger partial charge in [-0.3, -0.25) is 4.79 Å². The fraction of sp³-hybridized carbons (Fsp3) is 0.417. The summed E-state index contributed by atoms with van der Waals surface area (Å²) in [6.45, 7) is 2.65. The molecule has 2 aromatic rings. The molecular formula is C12H15N5O. The monoisotopic (exact) mass is 245 g/mol. The van der Waals surface area contributed by atoms with Crippen molar-refractivity contribution in [2.24, 2.45) is 0 Å². The highest BCUT2D eigenvalue weighted by Crippen LogP contribution is 2.15. The summed E-state index contributed by atoms with van der Waals surface area (Å²) in [5.74, 6) is 0.937. The number of hydrogen-bond donors (Lipinski definition) is 2. The molecule has 1 aliphatic heterocycles. The number of carbonyl (C=O) groups excluding carboxylic acids is 1. The molecule has 0 radical (unpaired) electrons. The smallest absolute Gasteiger partial charge is 0.220 e. The first-order valence-electron chi connectivity index (χ1n) is 6.06. The van der Waals surface area contributed by atoms with Crippen LogP contribution >= 0.6 is 0 Å². The Kier molecular flexibility index (Phi) is 2.62. The number of anilines is 1. The molecule has 6 nitrogen and oxygen atoms in total. The summed E-state index contributed by atoms with van der Waals surface area (Å²) in [7, 11) is 0. The number of nitrogens with one attached hydrogen (secondary N) is 2. The molecule has 2 aromatic heterocycles. The molecule has 6 heteroatoms. The van der Waals surface area contributed by atoms with Crippen molar-refractivity contribution in [3.8, 4) is 0 Å². The van der Waals surface area contributed by atoms with Gasteiger partial charge in [0.1, 0.15) is 5.52 Å². The topological polar surface area (TPSA) is 71.3 Å². The van der Waals surface area contributed by atoms with Gasteiger partial charge in [-0.05, 0) is 19.4 Å². The van der Waals surface area contributed by atoms with Crippen LogP contribution in [-0.4, -0.2) is 33.1 Å². The molecule has 94 valence electrons. The van der Waals surface area contributed by atoms with Crippen LogP contribution in [0.1, 0.15) is 18.5 Å². The minimum Gasteiger partial charge on any atom is -0.366 e. The molecule has 3 rings (SSSR count). The van der Waals surface area contributed by atoms with Crippen LogP contribution in [0, 0.1) is 6.92 Å². The summed E-state index contributed by atoms with van der Waals surface area (Å²) < 4.78 is 1.80. The van der Waals surface area contributed by atoms with Crippen molar-refractivity contribution >= 4 is 17.2 Å². The molecule has 3 heterocycles. The summed E-state index contributed by atoms with van der Waals surface area (Å²) >= 11 is 0.